The molecule has 0 radical (unpaired) electrons. The number of nitrogens with zero attached hydrogens (tertiary/aromatic N) is 4. The van der Waals surface area contributed by atoms with Crippen molar-refractivity contribution < 1.29 is 0 Å². The van der Waals surface area contributed by atoms with Gasteiger partial charge in [-0.2, -0.15) is 0 Å². The van der Waals surface area contributed by atoms with Crippen LogP contribution in [0.3, 0.4) is 0 Å². The summed E-state index contributed by atoms with van der Waals surface area (Å²) < 4.78 is 0. The summed E-state index contributed by atoms with van der Waals surface area (Å²) in [4.78, 5) is 11.9. The zero-order chi connectivity index (χ0) is 18.2. The van der Waals surface area contributed by atoms with Crippen molar-refractivity contribution in [2.24, 2.45) is 10.9 Å². The number of hydrogen-bond donors (Lipinski definition) is 1. The molecule has 2 heterocycles. The molecule has 0 bridgehead atoms. The van der Waals surface area contributed by atoms with E-state index in [-0.39, 0.29) is 0 Å². The zero-order valence-corrected chi connectivity index (χ0v) is 16.5. The van der Waals surface area contributed by atoms with E-state index in [1.54, 1.807) is 0 Å². The Labute approximate surface area is 159 Å². The monoisotopic (exact) mass is 357 g/mol. The molecule has 0 saturated carbocycles. The minimum Gasteiger partial charge on any atom is -0.356 e. The van der Waals surface area contributed by atoms with Crippen LogP contribution in [0.4, 0.5) is 0 Å². The average Bonchev–Trinajstić information content (AvgIpc) is 2.68. The maximum absolute atomic E-state index is 4.52. The molecule has 0 aliphatic carbocycles. The van der Waals surface area contributed by atoms with E-state index in [9.17, 15) is 0 Å². The molecule has 2 aliphatic rings. The molecule has 0 atom stereocenters. The number of benzene rings is 1. The Kier molecular flexibility index (Phi) is 7.32. The summed E-state index contributed by atoms with van der Waals surface area (Å²) in [6.07, 6.45) is 3.95. The van der Waals surface area contributed by atoms with E-state index in [0.29, 0.717) is 0 Å². The van der Waals surface area contributed by atoms with E-state index in [0.717, 1.165) is 51.1 Å². The van der Waals surface area contributed by atoms with Gasteiger partial charge >= 0.3 is 0 Å². The first kappa shape index (κ1) is 19.2. The Morgan fingerprint density at radius 1 is 1.04 bits per heavy atom. The third-order valence-corrected chi connectivity index (χ3v) is 5.81. The first-order valence-corrected chi connectivity index (χ1v) is 10.1. The van der Waals surface area contributed by atoms with Crippen molar-refractivity contribution in [3.05, 3.63) is 35.9 Å². The molecule has 0 unspecified atom stereocenters. The van der Waals surface area contributed by atoms with Gasteiger partial charge in [0.15, 0.2) is 5.96 Å². The molecule has 5 heteroatoms. The number of likely N-dealkylation sites (tertiary alicyclic amines) is 1. The van der Waals surface area contributed by atoms with Crippen LogP contribution in [0, 0.1) is 5.92 Å². The van der Waals surface area contributed by atoms with Gasteiger partial charge in [-0.3, -0.25) is 9.89 Å². The Balaban J connectivity index is 1.37. The van der Waals surface area contributed by atoms with Gasteiger partial charge < -0.3 is 15.1 Å². The van der Waals surface area contributed by atoms with Gasteiger partial charge in [-0.05, 0) is 50.9 Å². The fourth-order valence-corrected chi connectivity index (χ4v) is 4.03. The molecule has 144 valence electrons. The highest BCUT2D eigenvalue weighted by Crippen LogP contribution is 2.18. The van der Waals surface area contributed by atoms with Gasteiger partial charge in [0.2, 0.25) is 0 Å². The third kappa shape index (κ3) is 5.71. The molecule has 2 saturated heterocycles. The topological polar surface area (TPSA) is 34.1 Å². The maximum atomic E-state index is 4.52. The van der Waals surface area contributed by atoms with Crippen LogP contribution >= 0.6 is 0 Å². The molecule has 0 aromatic heterocycles. The number of rotatable bonds is 5. The van der Waals surface area contributed by atoms with Crippen LogP contribution in [0.2, 0.25) is 0 Å². The van der Waals surface area contributed by atoms with Crippen molar-refractivity contribution in [3.63, 3.8) is 0 Å². The van der Waals surface area contributed by atoms with E-state index < -0.39 is 0 Å². The van der Waals surface area contributed by atoms with Gasteiger partial charge in [-0.25, -0.2) is 0 Å². The van der Waals surface area contributed by atoms with Crippen LogP contribution in [-0.4, -0.2) is 80.6 Å². The van der Waals surface area contributed by atoms with Gasteiger partial charge in [0.25, 0.3) is 0 Å². The summed E-state index contributed by atoms with van der Waals surface area (Å²) in [7, 11) is 4.14. The summed E-state index contributed by atoms with van der Waals surface area (Å²) >= 11 is 0. The average molecular weight is 358 g/mol. The molecule has 2 aliphatic heterocycles. The number of nitrogens with one attached hydrogen (secondary N) is 1. The number of hydrogen-bond acceptors (Lipinski definition) is 3. The van der Waals surface area contributed by atoms with Crippen LogP contribution < -0.4 is 5.32 Å². The summed E-state index contributed by atoms with van der Waals surface area (Å²) in [6.45, 7) is 8.92. The van der Waals surface area contributed by atoms with Gasteiger partial charge in [-0.1, -0.05) is 30.3 Å². The smallest absolute Gasteiger partial charge is 0.193 e. The van der Waals surface area contributed by atoms with Crippen molar-refractivity contribution >= 4 is 5.96 Å². The quantitative estimate of drug-likeness (QED) is 0.646. The largest absolute Gasteiger partial charge is 0.356 e. The van der Waals surface area contributed by atoms with E-state index in [2.05, 4.69) is 62.4 Å². The van der Waals surface area contributed by atoms with E-state index in [1.807, 2.05) is 7.05 Å². The van der Waals surface area contributed by atoms with Crippen LogP contribution in [-0.2, 0) is 6.54 Å². The molecule has 0 amide bonds. The Bertz CT molecular complexity index is 543. The summed E-state index contributed by atoms with van der Waals surface area (Å²) in [5, 5.41) is 3.61. The number of aliphatic imine (C=N–C) groups is 1. The Morgan fingerprint density at radius 3 is 2.38 bits per heavy atom. The SMILES string of the molecule is CN=C(NCCC1CCN(C)CC1)N1CCN(Cc2ccccc2)CC1. The molecule has 1 aromatic rings. The highest BCUT2D eigenvalue weighted by Gasteiger charge is 2.20. The minimum absolute atomic E-state index is 0.875. The number of piperidine rings is 1. The van der Waals surface area contributed by atoms with Crippen LogP contribution in [0.15, 0.2) is 35.3 Å². The van der Waals surface area contributed by atoms with Crippen molar-refractivity contribution in [2.45, 2.75) is 25.8 Å². The predicted molar refractivity (Wildman–Crippen MR) is 109 cm³/mol. The molecule has 1 N–H and O–H groups in total. The van der Waals surface area contributed by atoms with Gasteiger partial charge in [0.1, 0.15) is 0 Å². The fourth-order valence-electron chi connectivity index (χ4n) is 4.03. The third-order valence-electron chi connectivity index (χ3n) is 5.81. The lowest BCUT2D eigenvalue weighted by molar-refractivity contribution is 0.172. The standard InChI is InChI=1S/C21H35N5/c1-22-21(23-11-8-19-9-12-24(2)13-10-19)26-16-14-25(15-17-26)18-20-6-4-3-5-7-20/h3-7,19H,8-18H2,1-2H3,(H,22,23). The first-order chi connectivity index (χ1) is 12.7. The summed E-state index contributed by atoms with van der Waals surface area (Å²) in [5.74, 6) is 1.96. The van der Waals surface area contributed by atoms with E-state index in [4.69, 9.17) is 0 Å². The second-order valence-electron chi connectivity index (χ2n) is 7.76. The predicted octanol–water partition coefficient (Wildman–Crippen LogP) is 2.11. The second kappa shape index (κ2) is 9.93. The highest BCUT2D eigenvalue weighted by atomic mass is 15.3. The van der Waals surface area contributed by atoms with Crippen LogP contribution in [0.5, 0.6) is 0 Å². The summed E-state index contributed by atoms with van der Waals surface area (Å²) in [6, 6.07) is 10.8. The highest BCUT2D eigenvalue weighted by molar-refractivity contribution is 5.79. The molecule has 0 spiro atoms. The molecule has 26 heavy (non-hydrogen) atoms. The van der Waals surface area contributed by atoms with Gasteiger partial charge in [0, 0.05) is 46.3 Å². The van der Waals surface area contributed by atoms with Crippen LogP contribution in [0.1, 0.15) is 24.8 Å². The molecule has 2 fully saturated rings. The normalized spacial score (nSPS) is 21.2. The fraction of sp³-hybridized carbons (Fsp3) is 0.667. The Morgan fingerprint density at radius 2 is 1.73 bits per heavy atom. The number of guanidine groups is 1. The van der Waals surface area contributed by atoms with Crippen molar-refractivity contribution in [2.75, 3.05) is 59.9 Å². The minimum atomic E-state index is 0.875. The second-order valence-corrected chi connectivity index (χ2v) is 7.76. The zero-order valence-electron chi connectivity index (χ0n) is 16.5. The molecule has 5 nitrogen and oxygen atoms in total. The first-order valence-electron chi connectivity index (χ1n) is 10.1. The number of piperazine rings is 1. The molecule has 3 rings (SSSR count). The maximum Gasteiger partial charge on any atom is 0.193 e. The van der Waals surface area contributed by atoms with Crippen molar-refractivity contribution in [1.29, 1.82) is 0 Å². The van der Waals surface area contributed by atoms with Crippen molar-refractivity contribution in [1.82, 2.24) is 20.0 Å². The lowest BCUT2D eigenvalue weighted by Crippen LogP contribution is -2.52. The molecular formula is C21H35N5. The van der Waals surface area contributed by atoms with Crippen LogP contribution in [0.25, 0.3) is 0 Å². The van der Waals surface area contributed by atoms with Gasteiger partial charge in [-0.15, -0.1) is 0 Å². The molecular weight excluding hydrogens is 322 g/mol. The molecule has 1 aromatic carbocycles. The lowest BCUT2D eigenvalue weighted by Gasteiger charge is -2.36. The van der Waals surface area contributed by atoms with E-state index >= 15 is 0 Å². The van der Waals surface area contributed by atoms with Gasteiger partial charge in [0.05, 0.1) is 0 Å². The Hall–Kier alpha value is -1.59. The van der Waals surface area contributed by atoms with E-state index in [1.165, 1.54) is 37.9 Å². The lowest BCUT2D eigenvalue weighted by atomic mass is 9.94. The van der Waals surface area contributed by atoms with Crippen molar-refractivity contribution in [3.8, 4) is 0 Å². The summed E-state index contributed by atoms with van der Waals surface area (Å²) in [5.41, 5.74) is 1.40.